The minimum atomic E-state index is -4.24. The van der Waals surface area contributed by atoms with Crippen LogP contribution in [-0.4, -0.2) is 55.7 Å². The lowest BCUT2D eigenvalue weighted by atomic mass is 10.3. The molecule has 1 heterocycles. The monoisotopic (exact) mass is 454 g/mol. The molecular weight excluding hydrogens is 431 g/mol. The summed E-state index contributed by atoms with van der Waals surface area (Å²) >= 11 is 0. The number of amides is 2. The van der Waals surface area contributed by atoms with Crippen molar-refractivity contribution in [2.45, 2.75) is 38.3 Å². The molecule has 1 saturated carbocycles. The lowest BCUT2D eigenvalue weighted by molar-refractivity contribution is 0.245. The number of carbonyl (C=O) groups excluding carboxylic acids is 1. The van der Waals surface area contributed by atoms with Crippen LogP contribution < -0.4 is 23.8 Å². The molecule has 1 fully saturated rings. The molecule has 0 bridgehead atoms. The van der Waals surface area contributed by atoms with E-state index in [0.29, 0.717) is 12.2 Å². The van der Waals surface area contributed by atoms with Crippen molar-refractivity contribution in [2.75, 3.05) is 18.5 Å². The second-order valence-corrected chi connectivity index (χ2v) is 8.61. The largest absolute Gasteiger partial charge is 0.467 e. The van der Waals surface area contributed by atoms with Crippen molar-refractivity contribution in [3.05, 3.63) is 35.9 Å². The number of hydrogen-bond donors (Lipinski definition) is 2. The van der Waals surface area contributed by atoms with Gasteiger partial charge in [-0.15, -0.1) is 4.98 Å². The summed E-state index contributed by atoms with van der Waals surface area (Å²) in [5, 5.41) is 2.59. The summed E-state index contributed by atoms with van der Waals surface area (Å²) in [6, 6.07) is 3.31. The van der Waals surface area contributed by atoms with Crippen LogP contribution in [0.4, 0.5) is 14.9 Å². The minimum Gasteiger partial charge on any atom is -0.467 e. The predicted octanol–water partition coefficient (Wildman–Crippen LogP) is 1.34. The third-order valence-corrected chi connectivity index (χ3v) is 6.04. The van der Waals surface area contributed by atoms with E-state index in [-0.39, 0.29) is 29.7 Å². The molecule has 0 spiro atoms. The zero-order valence-electron chi connectivity index (χ0n) is 17.4. The van der Waals surface area contributed by atoms with Crippen molar-refractivity contribution in [1.82, 2.24) is 25.0 Å². The zero-order valence-corrected chi connectivity index (χ0v) is 18.2. The standard InChI is InChI=1S/C18H23FN6O5S/c1-10(2)25(12-7-5-11(19)6-8-12)31(27,28)24-16(26)20-14-9-13(14)15-21-17(29-3)23-18(22-15)30-4/h5-8,10,13-14H,9H2,1-4H3,(H2,20,24,26). The van der Waals surface area contributed by atoms with E-state index in [1.54, 1.807) is 13.8 Å². The number of carbonyl (C=O) groups is 1. The van der Waals surface area contributed by atoms with Gasteiger partial charge in [-0.25, -0.2) is 13.9 Å². The molecule has 0 aliphatic heterocycles. The van der Waals surface area contributed by atoms with E-state index >= 15 is 0 Å². The van der Waals surface area contributed by atoms with Gasteiger partial charge in [-0.05, 0) is 44.5 Å². The van der Waals surface area contributed by atoms with E-state index in [2.05, 4.69) is 20.3 Å². The first-order valence-corrected chi connectivity index (χ1v) is 10.8. The maximum Gasteiger partial charge on any atom is 0.330 e. The summed E-state index contributed by atoms with van der Waals surface area (Å²) in [6.45, 7) is 3.28. The van der Waals surface area contributed by atoms with Gasteiger partial charge in [-0.1, -0.05) is 0 Å². The summed E-state index contributed by atoms with van der Waals surface area (Å²) < 4.78 is 51.8. The highest BCUT2D eigenvalue weighted by atomic mass is 32.2. The second kappa shape index (κ2) is 8.88. The van der Waals surface area contributed by atoms with E-state index in [9.17, 15) is 17.6 Å². The minimum absolute atomic E-state index is 0.0754. The molecule has 0 saturated heterocycles. The molecule has 2 amide bonds. The Labute approximate surface area is 179 Å². The number of halogens is 1. The Kier molecular flexibility index (Phi) is 6.43. The number of nitrogens with zero attached hydrogens (tertiary/aromatic N) is 4. The van der Waals surface area contributed by atoms with Crippen LogP contribution in [0.5, 0.6) is 12.0 Å². The Hall–Kier alpha value is -3.22. The zero-order chi connectivity index (χ0) is 22.8. The van der Waals surface area contributed by atoms with Crippen molar-refractivity contribution < 1.29 is 27.1 Å². The van der Waals surface area contributed by atoms with Crippen LogP contribution in [0.15, 0.2) is 24.3 Å². The first-order chi connectivity index (χ1) is 14.6. The third kappa shape index (κ3) is 5.29. The average molecular weight is 454 g/mol. The predicted molar refractivity (Wildman–Crippen MR) is 109 cm³/mol. The van der Waals surface area contributed by atoms with E-state index in [1.165, 1.54) is 26.4 Å². The lowest BCUT2D eigenvalue weighted by Crippen LogP contribution is -2.50. The van der Waals surface area contributed by atoms with Crippen molar-refractivity contribution in [1.29, 1.82) is 0 Å². The van der Waals surface area contributed by atoms with Crippen LogP contribution in [0.1, 0.15) is 32.0 Å². The first-order valence-electron chi connectivity index (χ1n) is 9.36. The van der Waals surface area contributed by atoms with Gasteiger partial charge in [-0.2, -0.15) is 18.4 Å². The number of anilines is 1. The molecule has 1 aromatic heterocycles. The van der Waals surface area contributed by atoms with Crippen molar-refractivity contribution in [3.63, 3.8) is 0 Å². The van der Waals surface area contributed by atoms with Crippen LogP contribution in [0.2, 0.25) is 0 Å². The van der Waals surface area contributed by atoms with Gasteiger partial charge < -0.3 is 14.8 Å². The fourth-order valence-corrected chi connectivity index (χ4v) is 4.35. The number of methoxy groups -OCH3 is 2. The molecule has 0 radical (unpaired) electrons. The topological polar surface area (TPSA) is 136 Å². The van der Waals surface area contributed by atoms with Crippen LogP contribution in [-0.2, 0) is 10.2 Å². The Bertz CT molecular complexity index is 1030. The van der Waals surface area contributed by atoms with Crippen LogP contribution in [0, 0.1) is 5.82 Å². The number of nitrogens with one attached hydrogen (secondary N) is 2. The van der Waals surface area contributed by atoms with E-state index in [4.69, 9.17) is 9.47 Å². The Morgan fingerprint density at radius 2 is 1.71 bits per heavy atom. The molecule has 1 aliphatic rings. The van der Waals surface area contributed by atoms with Crippen molar-refractivity contribution in [2.24, 2.45) is 0 Å². The Morgan fingerprint density at radius 1 is 1.13 bits per heavy atom. The van der Waals surface area contributed by atoms with Crippen LogP contribution >= 0.6 is 0 Å². The molecule has 31 heavy (non-hydrogen) atoms. The van der Waals surface area contributed by atoms with Crippen LogP contribution in [0.25, 0.3) is 0 Å². The molecule has 13 heteroatoms. The Balaban J connectivity index is 1.67. The Morgan fingerprint density at radius 3 is 2.23 bits per heavy atom. The molecule has 3 rings (SSSR count). The third-order valence-electron chi connectivity index (χ3n) is 4.45. The molecule has 2 unspecified atom stereocenters. The molecule has 168 valence electrons. The molecule has 1 aliphatic carbocycles. The van der Waals surface area contributed by atoms with Crippen molar-refractivity contribution >= 4 is 21.9 Å². The van der Waals surface area contributed by atoms with Gasteiger partial charge >= 0.3 is 28.3 Å². The first kappa shape index (κ1) is 22.5. The highest BCUT2D eigenvalue weighted by molar-refractivity contribution is 7.91. The number of rotatable bonds is 8. The molecule has 2 atom stereocenters. The van der Waals surface area contributed by atoms with E-state index < -0.39 is 28.1 Å². The van der Waals surface area contributed by atoms with Gasteiger partial charge in [0, 0.05) is 18.0 Å². The summed E-state index contributed by atoms with van der Waals surface area (Å²) in [7, 11) is -1.43. The molecular formula is C18H23FN6O5S. The quantitative estimate of drug-likeness (QED) is 0.610. The number of urea groups is 1. The number of ether oxygens (including phenoxy) is 2. The van der Waals surface area contributed by atoms with Crippen LogP contribution in [0.3, 0.4) is 0 Å². The maximum absolute atomic E-state index is 13.2. The second-order valence-electron chi connectivity index (χ2n) is 7.06. The molecule has 1 aromatic carbocycles. The summed E-state index contributed by atoms with van der Waals surface area (Å²) in [5.74, 6) is -0.369. The van der Waals surface area contributed by atoms with Gasteiger partial charge in [0.1, 0.15) is 11.6 Å². The SMILES string of the molecule is COc1nc(OC)nc(C2CC2NC(=O)NS(=O)(=O)N(c2ccc(F)cc2)C(C)C)n1. The van der Waals surface area contributed by atoms with E-state index in [0.717, 1.165) is 16.4 Å². The molecule has 2 aromatic rings. The summed E-state index contributed by atoms with van der Waals surface area (Å²) in [6.07, 6.45) is 0.510. The van der Waals surface area contributed by atoms with E-state index in [1.807, 2.05) is 4.72 Å². The molecule has 11 nitrogen and oxygen atoms in total. The maximum atomic E-state index is 13.2. The fraction of sp³-hybridized carbons (Fsp3) is 0.444. The van der Waals surface area contributed by atoms with Crippen molar-refractivity contribution in [3.8, 4) is 12.0 Å². The average Bonchev–Trinajstić information content (AvgIpc) is 3.47. The normalized spacial score (nSPS) is 17.7. The van der Waals surface area contributed by atoms with Gasteiger partial charge in [0.25, 0.3) is 0 Å². The number of benzene rings is 1. The van der Waals surface area contributed by atoms with Gasteiger partial charge in [0.05, 0.1) is 19.9 Å². The summed E-state index contributed by atoms with van der Waals surface area (Å²) in [5.41, 5.74) is 0.227. The number of aromatic nitrogens is 3. The van der Waals surface area contributed by atoms with Gasteiger partial charge in [0.2, 0.25) is 0 Å². The lowest BCUT2D eigenvalue weighted by Gasteiger charge is -2.28. The smallest absolute Gasteiger partial charge is 0.330 e. The molecule has 2 N–H and O–H groups in total. The number of hydrogen-bond acceptors (Lipinski definition) is 8. The van der Waals surface area contributed by atoms with Gasteiger partial charge in [-0.3, -0.25) is 4.31 Å². The fourth-order valence-electron chi connectivity index (χ4n) is 3.01. The highest BCUT2D eigenvalue weighted by Crippen LogP contribution is 2.39. The van der Waals surface area contributed by atoms with Gasteiger partial charge in [0.15, 0.2) is 0 Å². The highest BCUT2D eigenvalue weighted by Gasteiger charge is 2.43. The summed E-state index contributed by atoms with van der Waals surface area (Å²) in [4.78, 5) is 24.5.